The fraction of sp³-hybridized carbons (Fsp3) is 0.600. The van der Waals surface area contributed by atoms with Crippen LogP contribution in [0.2, 0.25) is 0 Å². The Bertz CT molecular complexity index is 405. The molecule has 0 bridgehead atoms. The molecule has 1 aromatic carbocycles. The van der Waals surface area contributed by atoms with Gasteiger partial charge in [0.1, 0.15) is 5.75 Å². The van der Waals surface area contributed by atoms with Gasteiger partial charge in [0, 0.05) is 32.2 Å². The molecule has 0 radical (unpaired) electrons. The van der Waals surface area contributed by atoms with Crippen molar-refractivity contribution in [3.05, 3.63) is 29.3 Å². The molecule has 19 heavy (non-hydrogen) atoms. The molecule has 1 N–H and O–H groups in total. The van der Waals surface area contributed by atoms with Gasteiger partial charge in [0.2, 0.25) is 0 Å². The first-order chi connectivity index (χ1) is 9.26. The van der Waals surface area contributed by atoms with E-state index in [0.29, 0.717) is 6.42 Å². The zero-order valence-corrected chi connectivity index (χ0v) is 11.8. The first-order valence-corrected chi connectivity index (χ1v) is 6.91. The Hall–Kier alpha value is -1.13. The summed E-state index contributed by atoms with van der Waals surface area (Å²) in [5.41, 5.74) is 2.30. The Kier molecular flexibility index (Phi) is 5.16. The quantitative estimate of drug-likeness (QED) is 0.885. The Morgan fingerprint density at radius 1 is 1.37 bits per heavy atom. The highest BCUT2D eigenvalue weighted by Crippen LogP contribution is 2.28. The highest BCUT2D eigenvalue weighted by Gasteiger charge is 2.22. The first-order valence-electron chi connectivity index (χ1n) is 6.91. The second-order valence-corrected chi connectivity index (χ2v) is 5.01. The molecule has 1 aliphatic rings. The summed E-state index contributed by atoms with van der Waals surface area (Å²) in [6.07, 6.45) is 0.561. The average molecular weight is 266 g/mol. The molecule has 0 amide bonds. The zero-order valence-electron chi connectivity index (χ0n) is 11.8. The van der Waals surface area contributed by atoms with Crippen LogP contribution in [0.4, 0.5) is 4.39 Å². The lowest BCUT2D eigenvalue weighted by molar-refractivity contribution is 0.157. The number of benzene rings is 1. The minimum Gasteiger partial charge on any atom is -0.496 e. The van der Waals surface area contributed by atoms with Crippen molar-refractivity contribution in [2.75, 3.05) is 40.0 Å². The molecule has 0 aliphatic carbocycles. The monoisotopic (exact) mass is 266 g/mol. The van der Waals surface area contributed by atoms with Gasteiger partial charge < -0.3 is 10.1 Å². The lowest BCUT2D eigenvalue weighted by Crippen LogP contribution is -2.45. The van der Waals surface area contributed by atoms with Gasteiger partial charge in [-0.05, 0) is 30.5 Å². The van der Waals surface area contributed by atoms with E-state index in [9.17, 15) is 4.39 Å². The summed E-state index contributed by atoms with van der Waals surface area (Å²) in [4.78, 5) is 2.37. The van der Waals surface area contributed by atoms with E-state index < -0.39 is 0 Å². The van der Waals surface area contributed by atoms with Gasteiger partial charge in [-0.3, -0.25) is 9.29 Å². The second-order valence-electron chi connectivity index (χ2n) is 5.01. The average Bonchev–Trinajstić information content (AvgIpc) is 2.45. The number of ether oxygens (including phenoxy) is 1. The molecular formula is C15H23FN2O. The van der Waals surface area contributed by atoms with Gasteiger partial charge in [-0.1, -0.05) is 12.1 Å². The predicted octanol–water partition coefficient (Wildman–Crippen LogP) is 2.31. The molecule has 0 unspecified atom stereocenters. The zero-order chi connectivity index (χ0) is 13.7. The minimum atomic E-state index is -0.278. The minimum absolute atomic E-state index is 0.178. The van der Waals surface area contributed by atoms with Gasteiger partial charge in [0.15, 0.2) is 0 Å². The summed E-state index contributed by atoms with van der Waals surface area (Å²) in [5.74, 6) is 0.892. The summed E-state index contributed by atoms with van der Waals surface area (Å²) in [6.45, 7) is 5.69. The van der Waals surface area contributed by atoms with E-state index in [-0.39, 0.29) is 12.7 Å². The van der Waals surface area contributed by atoms with Crippen molar-refractivity contribution in [1.29, 1.82) is 0 Å². The maximum atomic E-state index is 12.9. The van der Waals surface area contributed by atoms with Crippen molar-refractivity contribution in [2.24, 2.45) is 0 Å². The van der Waals surface area contributed by atoms with Crippen molar-refractivity contribution in [3.63, 3.8) is 0 Å². The molecule has 1 atom stereocenters. The molecule has 3 nitrogen and oxygen atoms in total. The topological polar surface area (TPSA) is 24.5 Å². The SMILES string of the molecule is COc1ccc([C@@H](CCF)N2CCNCC2)cc1C. The molecule has 1 fully saturated rings. The Morgan fingerprint density at radius 3 is 2.68 bits per heavy atom. The number of halogens is 1. The molecule has 1 aliphatic heterocycles. The number of alkyl halides is 1. The van der Waals surface area contributed by atoms with E-state index in [1.54, 1.807) is 7.11 Å². The summed E-state index contributed by atoms with van der Waals surface area (Å²) >= 11 is 0. The molecule has 2 rings (SSSR count). The maximum Gasteiger partial charge on any atom is 0.121 e. The molecule has 106 valence electrons. The lowest BCUT2D eigenvalue weighted by Gasteiger charge is -2.35. The molecule has 1 aromatic rings. The van der Waals surface area contributed by atoms with Crippen LogP contribution in [0.15, 0.2) is 18.2 Å². The van der Waals surface area contributed by atoms with Gasteiger partial charge in [-0.15, -0.1) is 0 Å². The normalized spacial score (nSPS) is 18.3. The van der Waals surface area contributed by atoms with Crippen LogP contribution < -0.4 is 10.1 Å². The molecule has 1 saturated heterocycles. The van der Waals surface area contributed by atoms with E-state index in [2.05, 4.69) is 22.3 Å². The van der Waals surface area contributed by atoms with Crippen molar-refractivity contribution in [1.82, 2.24) is 10.2 Å². The summed E-state index contributed by atoms with van der Waals surface area (Å²) < 4.78 is 18.2. The number of methoxy groups -OCH3 is 1. The van der Waals surface area contributed by atoms with Gasteiger partial charge >= 0.3 is 0 Å². The molecule has 0 saturated carbocycles. The summed E-state index contributed by atoms with van der Waals surface area (Å²) in [6, 6.07) is 6.35. The number of rotatable bonds is 5. The fourth-order valence-corrected chi connectivity index (χ4v) is 2.77. The van der Waals surface area contributed by atoms with Crippen LogP contribution in [0.25, 0.3) is 0 Å². The van der Waals surface area contributed by atoms with Crippen LogP contribution in [0.1, 0.15) is 23.6 Å². The van der Waals surface area contributed by atoms with E-state index in [1.165, 1.54) is 5.56 Å². The lowest BCUT2D eigenvalue weighted by atomic mass is 9.99. The van der Waals surface area contributed by atoms with Gasteiger partial charge in [-0.25, -0.2) is 0 Å². The Labute approximate surface area is 114 Å². The third-order valence-corrected chi connectivity index (χ3v) is 3.78. The van der Waals surface area contributed by atoms with Crippen LogP contribution in [-0.2, 0) is 0 Å². The van der Waals surface area contributed by atoms with Crippen LogP contribution in [-0.4, -0.2) is 44.9 Å². The number of hydrogen-bond donors (Lipinski definition) is 1. The van der Waals surface area contributed by atoms with Crippen molar-refractivity contribution >= 4 is 0 Å². The highest BCUT2D eigenvalue weighted by molar-refractivity contribution is 5.37. The molecule has 0 aromatic heterocycles. The van der Waals surface area contributed by atoms with Crippen molar-refractivity contribution < 1.29 is 9.13 Å². The number of nitrogens with one attached hydrogen (secondary N) is 1. The fourth-order valence-electron chi connectivity index (χ4n) is 2.77. The first kappa shape index (κ1) is 14.3. The largest absolute Gasteiger partial charge is 0.496 e. The third-order valence-electron chi connectivity index (χ3n) is 3.78. The van der Waals surface area contributed by atoms with Crippen LogP contribution in [0.3, 0.4) is 0 Å². The number of hydrogen-bond acceptors (Lipinski definition) is 3. The molecule has 0 spiro atoms. The van der Waals surface area contributed by atoms with Crippen LogP contribution in [0.5, 0.6) is 5.75 Å². The number of aryl methyl sites for hydroxylation is 1. The predicted molar refractivity (Wildman–Crippen MR) is 75.5 cm³/mol. The van der Waals surface area contributed by atoms with Crippen molar-refractivity contribution in [3.8, 4) is 5.75 Å². The van der Waals surface area contributed by atoms with Gasteiger partial charge in [0.25, 0.3) is 0 Å². The van der Waals surface area contributed by atoms with Crippen LogP contribution in [0, 0.1) is 6.92 Å². The van der Waals surface area contributed by atoms with E-state index in [0.717, 1.165) is 37.5 Å². The maximum absolute atomic E-state index is 12.9. The molecule has 4 heteroatoms. The number of piperazine rings is 1. The van der Waals surface area contributed by atoms with E-state index in [4.69, 9.17) is 4.74 Å². The van der Waals surface area contributed by atoms with E-state index >= 15 is 0 Å². The molecule has 1 heterocycles. The summed E-state index contributed by atoms with van der Waals surface area (Å²) in [7, 11) is 1.68. The second kappa shape index (κ2) is 6.87. The van der Waals surface area contributed by atoms with E-state index in [1.807, 2.05) is 13.0 Å². The smallest absolute Gasteiger partial charge is 0.121 e. The van der Waals surface area contributed by atoms with Gasteiger partial charge in [0.05, 0.1) is 13.8 Å². The third kappa shape index (κ3) is 3.45. The van der Waals surface area contributed by atoms with Crippen LogP contribution >= 0.6 is 0 Å². The number of nitrogens with zero attached hydrogens (tertiary/aromatic N) is 1. The van der Waals surface area contributed by atoms with Gasteiger partial charge in [-0.2, -0.15) is 0 Å². The summed E-state index contributed by atoms with van der Waals surface area (Å²) in [5, 5.41) is 3.34. The van der Waals surface area contributed by atoms with Crippen molar-refractivity contribution in [2.45, 2.75) is 19.4 Å². The standard InChI is InChI=1S/C15H23FN2O/c1-12-11-13(3-4-15(12)19-2)14(5-6-16)18-9-7-17-8-10-18/h3-4,11,14,17H,5-10H2,1-2H3/t14-/m1/s1. The molecular weight excluding hydrogens is 243 g/mol. The Morgan fingerprint density at radius 2 is 2.11 bits per heavy atom. The highest BCUT2D eigenvalue weighted by atomic mass is 19.1. The Balaban J connectivity index is 2.19.